The average Bonchev–Trinajstić information content (AvgIpc) is 3.08. The highest BCUT2D eigenvalue weighted by atomic mass is 16.5. The topological polar surface area (TPSA) is 51.5 Å². The van der Waals surface area contributed by atoms with Crippen LogP contribution in [0.4, 0.5) is 5.69 Å². The molecule has 0 bridgehead atoms. The summed E-state index contributed by atoms with van der Waals surface area (Å²) in [6.07, 6.45) is 4.89. The summed E-state index contributed by atoms with van der Waals surface area (Å²) in [7, 11) is 0. The molecule has 4 rings (SSSR count). The second-order valence-electron chi connectivity index (χ2n) is 5.33. The summed E-state index contributed by atoms with van der Waals surface area (Å²) in [6.45, 7) is 3.48. The fraction of sp³-hybridized carbons (Fsp3) is 0.250. The molecule has 0 amide bonds. The first-order valence-corrected chi connectivity index (χ1v) is 7.08. The number of hydrogen-bond donors (Lipinski definition) is 1. The lowest BCUT2D eigenvalue weighted by molar-refractivity contribution is 0.357. The first kappa shape index (κ1) is 12.2. The number of nitrogens with zero attached hydrogens (tertiary/aromatic N) is 3. The second-order valence-corrected chi connectivity index (χ2v) is 5.33. The molecule has 1 aliphatic rings. The monoisotopic (exact) mass is 280 g/mol. The first-order valence-electron chi connectivity index (χ1n) is 7.08. The zero-order chi connectivity index (χ0) is 14.2. The van der Waals surface area contributed by atoms with Crippen molar-refractivity contribution in [1.82, 2.24) is 14.6 Å². The predicted octanol–water partition coefficient (Wildman–Crippen LogP) is 2.58. The quantitative estimate of drug-likeness (QED) is 0.801. The molecule has 0 saturated heterocycles. The minimum absolute atomic E-state index is 0.724. The third-order valence-corrected chi connectivity index (χ3v) is 3.68. The Balaban J connectivity index is 1.52. The van der Waals surface area contributed by atoms with Crippen molar-refractivity contribution in [3.05, 3.63) is 53.5 Å². The first-order chi connectivity index (χ1) is 10.3. The van der Waals surface area contributed by atoms with Crippen LogP contribution in [0.2, 0.25) is 0 Å². The summed E-state index contributed by atoms with van der Waals surface area (Å²) in [4.78, 5) is 4.41. The summed E-state index contributed by atoms with van der Waals surface area (Å²) in [5.74, 6) is 1.01. The van der Waals surface area contributed by atoms with Crippen LogP contribution in [0.25, 0.3) is 5.65 Å². The minimum Gasteiger partial charge on any atom is -0.493 e. The molecule has 5 nitrogen and oxygen atoms in total. The van der Waals surface area contributed by atoms with E-state index in [9.17, 15) is 0 Å². The van der Waals surface area contributed by atoms with Crippen LogP contribution < -0.4 is 10.1 Å². The highest BCUT2D eigenvalue weighted by Crippen LogP contribution is 2.27. The zero-order valence-electron chi connectivity index (χ0n) is 11.8. The van der Waals surface area contributed by atoms with Gasteiger partial charge in [-0.25, -0.2) is 9.50 Å². The minimum atomic E-state index is 0.724. The largest absolute Gasteiger partial charge is 0.493 e. The van der Waals surface area contributed by atoms with Gasteiger partial charge in [-0.15, -0.1) is 0 Å². The van der Waals surface area contributed by atoms with Crippen LogP contribution in [0.3, 0.4) is 0 Å². The molecule has 0 spiro atoms. The van der Waals surface area contributed by atoms with E-state index in [1.807, 2.05) is 42.0 Å². The van der Waals surface area contributed by atoms with E-state index in [0.717, 1.165) is 47.9 Å². The number of hydrogen-bond acceptors (Lipinski definition) is 4. The summed E-state index contributed by atoms with van der Waals surface area (Å²) in [5, 5.41) is 7.81. The van der Waals surface area contributed by atoms with Gasteiger partial charge in [0.15, 0.2) is 5.65 Å². The van der Waals surface area contributed by atoms with Gasteiger partial charge in [-0.2, -0.15) is 5.10 Å². The maximum atomic E-state index is 5.52. The summed E-state index contributed by atoms with van der Waals surface area (Å²) in [6, 6.07) is 8.21. The summed E-state index contributed by atoms with van der Waals surface area (Å²) >= 11 is 0. The number of anilines is 1. The summed E-state index contributed by atoms with van der Waals surface area (Å²) < 4.78 is 7.34. The molecule has 3 heterocycles. The van der Waals surface area contributed by atoms with Crippen molar-refractivity contribution in [3.8, 4) is 5.75 Å². The van der Waals surface area contributed by atoms with E-state index >= 15 is 0 Å². The normalized spacial score (nSPS) is 13.2. The fourth-order valence-electron chi connectivity index (χ4n) is 2.63. The molecule has 0 unspecified atom stereocenters. The lowest BCUT2D eigenvalue weighted by atomic mass is 10.1. The molecular formula is C16H16N4O. The number of ether oxygens (including phenoxy) is 1. The molecule has 0 atom stereocenters. The molecule has 3 aromatic rings. The molecule has 5 heteroatoms. The molecule has 21 heavy (non-hydrogen) atoms. The fourth-order valence-corrected chi connectivity index (χ4v) is 2.63. The Hall–Kier alpha value is -2.56. The van der Waals surface area contributed by atoms with E-state index in [2.05, 4.69) is 21.5 Å². The van der Waals surface area contributed by atoms with Crippen LogP contribution in [0.15, 0.2) is 36.7 Å². The smallest absolute Gasteiger partial charge is 0.155 e. The molecule has 106 valence electrons. The number of benzene rings is 1. The van der Waals surface area contributed by atoms with Gasteiger partial charge < -0.3 is 10.1 Å². The van der Waals surface area contributed by atoms with Crippen LogP contribution in [-0.2, 0) is 13.0 Å². The van der Waals surface area contributed by atoms with Crippen LogP contribution in [-0.4, -0.2) is 21.2 Å². The van der Waals surface area contributed by atoms with Gasteiger partial charge in [0, 0.05) is 42.7 Å². The van der Waals surface area contributed by atoms with Crippen molar-refractivity contribution in [2.24, 2.45) is 0 Å². The van der Waals surface area contributed by atoms with E-state index in [-0.39, 0.29) is 0 Å². The zero-order valence-corrected chi connectivity index (χ0v) is 11.8. The van der Waals surface area contributed by atoms with Gasteiger partial charge in [0.2, 0.25) is 0 Å². The lowest BCUT2D eigenvalue weighted by Crippen LogP contribution is -2.02. The second kappa shape index (κ2) is 4.77. The molecular weight excluding hydrogens is 264 g/mol. The molecule has 0 radical (unpaired) electrons. The van der Waals surface area contributed by atoms with Crippen molar-refractivity contribution in [2.45, 2.75) is 19.9 Å². The van der Waals surface area contributed by atoms with Gasteiger partial charge in [-0.3, -0.25) is 0 Å². The Morgan fingerprint density at radius 3 is 3.24 bits per heavy atom. The molecule has 1 N–H and O–H groups in total. The molecule has 1 aromatic carbocycles. The van der Waals surface area contributed by atoms with Crippen molar-refractivity contribution in [2.75, 3.05) is 11.9 Å². The SMILES string of the molecule is Cc1cc2ncc(CNc3ccc4c(c3)CCO4)cn2n1. The number of rotatable bonds is 3. The van der Waals surface area contributed by atoms with Crippen molar-refractivity contribution in [1.29, 1.82) is 0 Å². The van der Waals surface area contributed by atoms with Crippen molar-refractivity contribution >= 4 is 11.3 Å². The predicted molar refractivity (Wildman–Crippen MR) is 80.7 cm³/mol. The maximum Gasteiger partial charge on any atom is 0.155 e. The van der Waals surface area contributed by atoms with Gasteiger partial charge in [0.1, 0.15) is 5.75 Å². The van der Waals surface area contributed by atoms with Crippen LogP contribution in [0.5, 0.6) is 5.75 Å². The third kappa shape index (κ3) is 2.31. The highest BCUT2D eigenvalue weighted by molar-refractivity contribution is 5.52. The Morgan fingerprint density at radius 2 is 2.29 bits per heavy atom. The van der Waals surface area contributed by atoms with Gasteiger partial charge >= 0.3 is 0 Å². The van der Waals surface area contributed by atoms with E-state index < -0.39 is 0 Å². The van der Waals surface area contributed by atoms with Crippen LogP contribution in [0, 0.1) is 6.92 Å². The van der Waals surface area contributed by atoms with Crippen LogP contribution in [0.1, 0.15) is 16.8 Å². The molecule has 1 aliphatic heterocycles. The van der Waals surface area contributed by atoms with Gasteiger partial charge in [0.05, 0.1) is 12.3 Å². The van der Waals surface area contributed by atoms with Crippen molar-refractivity contribution < 1.29 is 4.74 Å². The molecule has 0 aliphatic carbocycles. The van der Waals surface area contributed by atoms with E-state index in [1.165, 1.54) is 5.56 Å². The maximum absolute atomic E-state index is 5.52. The average molecular weight is 280 g/mol. The van der Waals surface area contributed by atoms with E-state index in [4.69, 9.17) is 4.74 Å². The number of nitrogens with one attached hydrogen (secondary N) is 1. The summed E-state index contributed by atoms with van der Waals surface area (Å²) in [5.41, 5.74) is 5.34. The Kier molecular flexibility index (Phi) is 2.77. The number of aryl methyl sites for hydroxylation is 1. The number of aromatic nitrogens is 3. The van der Waals surface area contributed by atoms with Gasteiger partial charge in [0.25, 0.3) is 0 Å². The Labute approximate surface area is 122 Å². The van der Waals surface area contributed by atoms with Gasteiger partial charge in [-0.05, 0) is 30.7 Å². The van der Waals surface area contributed by atoms with E-state index in [1.54, 1.807) is 0 Å². The molecule has 2 aromatic heterocycles. The number of fused-ring (bicyclic) bond motifs is 2. The Morgan fingerprint density at radius 1 is 1.33 bits per heavy atom. The van der Waals surface area contributed by atoms with E-state index in [0.29, 0.717) is 0 Å². The molecule has 0 fully saturated rings. The van der Waals surface area contributed by atoms with Crippen molar-refractivity contribution in [3.63, 3.8) is 0 Å². The third-order valence-electron chi connectivity index (χ3n) is 3.68. The standard InChI is InChI=1S/C16H16N4O/c1-11-6-16-18-9-12(10-20(16)19-11)8-17-14-2-3-15-13(7-14)4-5-21-15/h2-3,6-7,9-10,17H,4-5,8H2,1H3. The highest BCUT2D eigenvalue weighted by Gasteiger charge is 2.11. The van der Waals surface area contributed by atoms with Gasteiger partial charge in [-0.1, -0.05) is 0 Å². The Bertz CT molecular complexity index is 809. The lowest BCUT2D eigenvalue weighted by Gasteiger charge is -2.08. The van der Waals surface area contributed by atoms with Crippen LogP contribution >= 0.6 is 0 Å². The molecule has 0 saturated carbocycles.